The zero-order valence-electron chi connectivity index (χ0n) is 14.3. The molecule has 0 fully saturated rings. The van der Waals surface area contributed by atoms with Crippen molar-refractivity contribution in [1.82, 2.24) is 19.2 Å². The molecule has 0 unspecified atom stereocenters. The molecule has 0 radical (unpaired) electrons. The minimum atomic E-state index is -0.0205. The van der Waals surface area contributed by atoms with Gasteiger partial charge in [0.2, 0.25) is 10.5 Å². The normalized spacial score (nSPS) is 16.2. The van der Waals surface area contributed by atoms with Gasteiger partial charge in [0.1, 0.15) is 4.83 Å². The Morgan fingerprint density at radius 3 is 2.81 bits per heavy atom. The van der Waals surface area contributed by atoms with Crippen molar-refractivity contribution in [3.8, 4) is 5.69 Å². The summed E-state index contributed by atoms with van der Waals surface area (Å²) in [5, 5.41) is 8.00. The second-order valence-corrected chi connectivity index (χ2v) is 10.2. The largest absolute Gasteiger partial charge is 0.268 e. The fourth-order valence-corrected chi connectivity index (χ4v) is 6.29. The van der Waals surface area contributed by atoms with E-state index in [4.69, 9.17) is 12.2 Å². The lowest BCUT2D eigenvalue weighted by atomic mass is 10.00. The van der Waals surface area contributed by atoms with Crippen LogP contribution in [-0.4, -0.2) is 23.9 Å². The van der Waals surface area contributed by atoms with Crippen LogP contribution in [0.1, 0.15) is 24.3 Å². The van der Waals surface area contributed by atoms with E-state index in [1.165, 1.54) is 10.4 Å². The van der Waals surface area contributed by atoms with Gasteiger partial charge in [0.15, 0.2) is 0 Å². The molecule has 5 nitrogen and oxygen atoms in total. The van der Waals surface area contributed by atoms with Gasteiger partial charge in [-0.2, -0.15) is 0 Å². The van der Waals surface area contributed by atoms with Crippen LogP contribution >= 0.6 is 35.3 Å². The van der Waals surface area contributed by atoms with Gasteiger partial charge in [-0.3, -0.25) is 4.79 Å². The number of aromatic nitrogens is 4. The van der Waals surface area contributed by atoms with Gasteiger partial charge in [0.05, 0.1) is 11.1 Å². The molecule has 1 N–H and O–H groups in total. The summed E-state index contributed by atoms with van der Waals surface area (Å²) in [4.78, 5) is 15.7. The van der Waals surface area contributed by atoms with E-state index >= 15 is 0 Å². The van der Waals surface area contributed by atoms with Crippen molar-refractivity contribution < 1.29 is 0 Å². The molecule has 1 aliphatic rings. The summed E-state index contributed by atoms with van der Waals surface area (Å²) >= 11 is 9.09. The zero-order valence-corrected chi connectivity index (χ0v) is 16.7. The van der Waals surface area contributed by atoms with Crippen LogP contribution in [-0.2, 0) is 12.2 Å². The Bertz CT molecular complexity index is 1280. The van der Waals surface area contributed by atoms with E-state index < -0.39 is 0 Å². The molecule has 4 heterocycles. The highest BCUT2D eigenvalue weighted by Gasteiger charge is 2.31. The van der Waals surface area contributed by atoms with Gasteiger partial charge in [-0.15, -0.1) is 28.2 Å². The van der Waals surface area contributed by atoms with Gasteiger partial charge in [-0.25, -0.2) is 14.1 Å². The molecule has 0 aliphatic carbocycles. The first-order chi connectivity index (χ1) is 12.5. The number of benzene rings is 1. The van der Waals surface area contributed by atoms with E-state index in [1.54, 1.807) is 15.9 Å². The molecule has 0 saturated heterocycles. The summed E-state index contributed by atoms with van der Waals surface area (Å²) in [5.41, 5.74) is 1.95. The van der Waals surface area contributed by atoms with Crippen molar-refractivity contribution in [2.75, 3.05) is 0 Å². The third-order valence-corrected chi connectivity index (χ3v) is 7.79. The minimum Gasteiger partial charge on any atom is -0.268 e. The predicted molar refractivity (Wildman–Crippen MR) is 110 cm³/mol. The van der Waals surface area contributed by atoms with Gasteiger partial charge in [-0.05, 0) is 36.3 Å². The monoisotopic (exact) mass is 400 g/mol. The number of thiophene rings is 1. The topological polar surface area (TPSA) is 55.1 Å². The average molecular weight is 401 g/mol. The number of para-hydroxylation sites is 1. The number of aromatic amines is 1. The van der Waals surface area contributed by atoms with Crippen molar-refractivity contribution >= 4 is 51.3 Å². The first-order valence-corrected chi connectivity index (χ1v) is 10.5. The molecule has 0 atom stereocenters. The molecule has 0 spiro atoms. The molecule has 1 aliphatic heterocycles. The zero-order chi connectivity index (χ0) is 18.1. The Hall–Kier alpha value is -1.90. The molecule has 26 heavy (non-hydrogen) atoms. The van der Waals surface area contributed by atoms with Gasteiger partial charge >= 0.3 is 0 Å². The van der Waals surface area contributed by atoms with Gasteiger partial charge < -0.3 is 0 Å². The molecule has 8 heteroatoms. The molecular formula is C18H16N4OS3. The molecule has 4 aromatic rings. The van der Waals surface area contributed by atoms with Gasteiger partial charge in [0, 0.05) is 15.4 Å². The quantitative estimate of drug-likeness (QED) is 0.483. The van der Waals surface area contributed by atoms with Crippen molar-refractivity contribution in [3.63, 3.8) is 0 Å². The number of hydrogen-bond donors (Lipinski definition) is 1. The number of fused-ring (bicyclic) bond motifs is 5. The molecule has 0 bridgehead atoms. The Morgan fingerprint density at radius 2 is 2.04 bits per heavy atom. The smallest absolute Gasteiger partial charge is 0.268 e. The molecule has 5 rings (SSSR count). The first-order valence-electron chi connectivity index (χ1n) is 8.32. The lowest BCUT2D eigenvalue weighted by Gasteiger charge is -2.28. The fourth-order valence-electron chi connectivity index (χ4n) is 3.55. The fraction of sp³-hybridized carbons (Fsp3) is 0.278. The molecule has 0 amide bonds. The van der Waals surface area contributed by atoms with E-state index in [0.29, 0.717) is 10.5 Å². The van der Waals surface area contributed by atoms with E-state index in [1.807, 2.05) is 46.5 Å². The number of nitrogens with one attached hydrogen (secondary N) is 1. The summed E-state index contributed by atoms with van der Waals surface area (Å²) in [6.07, 6.45) is 0.883. The van der Waals surface area contributed by atoms with E-state index in [9.17, 15) is 4.79 Å². The van der Waals surface area contributed by atoms with E-state index in [0.717, 1.165) is 28.1 Å². The van der Waals surface area contributed by atoms with Crippen molar-refractivity contribution in [2.24, 2.45) is 0 Å². The second-order valence-electron chi connectivity index (χ2n) is 7.05. The molecular weight excluding hydrogens is 384 g/mol. The lowest BCUT2D eigenvalue weighted by Crippen LogP contribution is -2.26. The Kier molecular flexibility index (Phi) is 3.47. The van der Waals surface area contributed by atoms with Crippen LogP contribution in [0.15, 0.2) is 35.1 Å². The first kappa shape index (κ1) is 16.3. The molecule has 0 saturated carbocycles. The average Bonchev–Trinajstić information content (AvgIpc) is 3.16. The number of H-pyrrole nitrogens is 1. The highest BCUT2D eigenvalue weighted by atomic mass is 32.2. The Morgan fingerprint density at radius 1 is 1.27 bits per heavy atom. The second kappa shape index (κ2) is 5.55. The van der Waals surface area contributed by atoms with Crippen molar-refractivity contribution in [2.45, 2.75) is 30.8 Å². The summed E-state index contributed by atoms with van der Waals surface area (Å²) in [6.45, 7) is 4.48. The number of thioether (sulfide) groups is 1. The maximum absolute atomic E-state index is 13.6. The molecule has 3 aromatic heterocycles. The predicted octanol–water partition coefficient (Wildman–Crippen LogP) is 4.33. The van der Waals surface area contributed by atoms with Gasteiger partial charge in [0.25, 0.3) is 5.56 Å². The lowest BCUT2D eigenvalue weighted by molar-refractivity contribution is 0.699. The Labute approximate surface area is 162 Å². The maximum atomic E-state index is 13.6. The number of hydrogen-bond acceptors (Lipinski definition) is 5. The van der Waals surface area contributed by atoms with Crippen LogP contribution in [0.5, 0.6) is 0 Å². The number of rotatable bonds is 1. The van der Waals surface area contributed by atoms with Crippen LogP contribution in [0.25, 0.3) is 21.7 Å². The number of nitrogens with zero attached hydrogens (tertiary/aromatic N) is 3. The van der Waals surface area contributed by atoms with Crippen molar-refractivity contribution in [3.05, 3.63) is 55.9 Å². The summed E-state index contributed by atoms with van der Waals surface area (Å²) < 4.78 is 4.20. The highest BCUT2D eigenvalue weighted by molar-refractivity contribution is 8.00. The SMILES string of the molecule is CC1(C)Cc2c(sc3c2c(=O)n(-c2ccccc2)c2n[nH]c(=S)n32)CS1. The van der Waals surface area contributed by atoms with Crippen LogP contribution in [0.2, 0.25) is 0 Å². The third-order valence-electron chi connectivity index (χ3n) is 4.76. The standard InChI is InChI=1S/C18H16N4OS3/c1-18(2)8-11-12(9-25-18)26-15-13(11)14(23)21(10-6-4-3-5-7-10)16-19-20-17(24)22(15)16/h3-7H,8-9H2,1-2H3,(H,20,24). The van der Waals surface area contributed by atoms with Crippen LogP contribution in [0.3, 0.4) is 0 Å². The Balaban J connectivity index is 1.99. The van der Waals surface area contributed by atoms with E-state index in [-0.39, 0.29) is 10.3 Å². The summed E-state index contributed by atoms with van der Waals surface area (Å²) in [5.74, 6) is 1.46. The van der Waals surface area contributed by atoms with E-state index in [2.05, 4.69) is 24.0 Å². The maximum Gasteiger partial charge on any atom is 0.268 e. The minimum absolute atomic E-state index is 0.0205. The highest BCUT2D eigenvalue weighted by Crippen LogP contribution is 2.44. The van der Waals surface area contributed by atoms with Gasteiger partial charge in [-0.1, -0.05) is 32.0 Å². The molecule has 1 aromatic carbocycles. The van der Waals surface area contributed by atoms with Crippen LogP contribution < -0.4 is 5.56 Å². The third kappa shape index (κ3) is 2.25. The van der Waals surface area contributed by atoms with Crippen LogP contribution in [0, 0.1) is 4.77 Å². The summed E-state index contributed by atoms with van der Waals surface area (Å²) in [6, 6.07) is 9.62. The van der Waals surface area contributed by atoms with Crippen LogP contribution in [0.4, 0.5) is 0 Å². The van der Waals surface area contributed by atoms with Crippen molar-refractivity contribution in [1.29, 1.82) is 0 Å². The summed E-state index contributed by atoms with van der Waals surface area (Å²) in [7, 11) is 0. The molecule has 132 valence electrons.